The Balaban J connectivity index is 3.01. The molecule has 1 rings (SSSR count). The lowest BCUT2D eigenvalue weighted by molar-refractivity contribution is -0.149. The molecule has 0 aliphatic rings. The van der Waals surface area contributed by atoms with E-state index in [1.54, 1.807) is 40.0 Å². The highest BCUT2D eigenvalue weighted by Gasteiger charge is 2.26. The number of methoxy groups -OCH3 is 1. The molecule has 0 spiro atoms. The summed E-state index contributed by atoms with van der Waals surface area (Å²) in [4.78, 5) is 24.3. The van der Waals surface area contributed by atoms with Gasteiger partial charge in [0.25, 0.3) is 0 Å². The van der Waals surface area contributed by atoms with E-state index in [2.05, 4.69) is 18.5 Å². The summed E-state index contributed by atoms with van der Waals surface area (Å²) in [5.41, 5.74) is 2.22. The van der Waals surface area contributed by atoms with Crippen molar-refractivity contribution in [2.24, 2.45) is 5.92 Å². The molecule has 1 N–H and O–H groups in total. The summed E-state index contributed by atoms with van der Waals surface area (Å²) < 4.78 is 16.4. The van der Waals surface area contributed by atoms with Crippen molar-refractivity contribution in [1.82, 2.24) is 5.32 Å². The lowest BCUT2D eigenvalue weighted by Gasteiger charge is -2.26. The average molecular weight is 430 g/mol. The molecule has 1 aromatic rings. The van der Waals surface area contributed by atoms with Crippen LogP contribution in [0.15, 0.2) is 55.2 Å². The molecule has 0 aliphatic carbocycles. The van der Waals surface area contributed by atoms with Gasteiger partial charge in [-0.2, -0.15) is 0 Å². The average Bonchev–Trinajstić information content (AvgIpc) is 2.69. The third-order valence-corrected chi connectivity index (χ3v) is 4.55. The highest BCUT2D eigenvalue weighted by molar-refractivity contribution is 5.78. The van der Waals surface area contributed by atoms with E-state index in [4.69, 9.17) is 14.2 Å². The molecule has 0 fully saturated rings. The number of aryl methyl sites for hydroxylation is 1. The number of esters is 1. The maximum absolute atomic E-state index is 12.5. The summed E-state index contributed by atoms with van der Waals surface area (Å²) >= 11 is 0. The number of hydrogen-bond acceptors (Lipinski definition) is 5. The fraction of sp³-hybridized carbons (Fsp3) is 0.440. The van der Waals surface area contributed by atoms with Gasteiger partial charge in [-0.25, -0.2) is 4.79 Å². The fourth-order valence-corrected chi connectivity index (χ4v) is 2.98. The van der Waals surface area contributed by atoms with Crippen molar-refractivity contribution in [3.05, 3.63) is 66.3 Å². The van der Waals surface area contributed by atoms with E-state index in [9.17, 15) is 9.59 Å². The van der Waals surface area contributed by atoms with Crippen molar-refractivity contribution < 1.29 is 23.8 Å². The molecule has 0 heterocycles. The summed E-state index contributed by atoms with van der Waals surface area (Å²) in [5, 5.41) is 2.43. The Labute approximate surface area is 186 Å². The second-order valence-electron chi connectivity index (χ2n) is 8.30. The quantitative estimate of drug-likeness (QED) is 0.422. The van der Waals surface area contributed by atoms with Gasteiger partial charge in [0.2, 0.25) is 0 Å². The number of allylic oxidation sites excluding steroid dienone is 3. The van der Waals surface area contributed by atoms with Crippen molar-refractivity contribution in [3.63, 3.8) is 0 Å². The Morgan fingerprint density at radius 3 is 2.45 bits per heavy atom. The lowest BCUT2D eigenvalue weighted by atomic mass is 9.90. The van der Waals surface area contributed by atoms with Crippen molar-refractivity contribution >= 4 is 12.1 Å². The zero-order valence-corrected chi connectivity index (χ0v) is 19.5. The Hall–Kier alpha value is -3.02. The number of carbonyl (C=O) groups is 2. The van der Waals surface area contributed by atoms with E-state index >= 15 is 0 Å². The maximum atomic E-state index is 12.5. The second-order valence-corrected chi connectivity index (χ2v) is 8.30. The Morgan fingerprint density at radius 1 is 1.23 bits per heavy atom. The van der Waals surface area contributed by atoms with Gasteiger partial charge in [-0.1, -0.05) is 50.4 Å². The minimum Gasteiger partial charge on any atom is -0.496 e. The predicted molar refractivity (Wildman–Crippen MR) is 123 cm³/mol. The molecule has 0 aliphatic heterocycles. The van der Waals surface area contributed by atoms with Crippen LogP contribution in [0.5, 0.6) is 5.75 Å². The van der Waals surface area contributed by atoms with E-state index in [0.29, 0.717) is 6.42 Å². The first-order chi connectivity index (χ1) is 14.5. The first-order valence-corrected chi connectivity index (χ1v) is 10.3. The van der Waals surface area contributed by atoms with Gasteiger partial charge < -0.3 is 19.5 Å². The zero-order chi connectivity index (χ0) is 23.6. The second kappa shape index (κ2) is 12.0. The van der Waals surface area contributed by atoms with Crippen molar-refractivity contribution in [2.75, 3.05) is 13.7 Å². The van der Waals surface area contributed by atoms with Crippen LogP contribution >= 0.6 is 0 Å². The molecule has 1 aromatic carbocycles. The molecule has 0 radical (unpaired) electrons. The smallest absolute Gasteiger partial charge is 0.408 e. The van der Waals surface area contributed by atoms with Gasteiger partial charge >= 0.3 is 12.1 Å². The van der Waals surface area contributed by atoms with Crippen molar-refractivity contribution in [1.29, 1.82) is 0 Å². The molecule has 2 unspecified atom stereocenters. The number of benzene rings is 1. The van der Waals surface area contributed by atoms with Gasteiger partial charge in [0, 0.05) is 12.3 Å². The molecule has 6 heteroatoms. The van der Waals surface area contributed by atoms with E-state index < -0.39 is 23.8 Å². The molecule has 6 nitrogen and oxygen atoms in total. The maximum Gasteiger partial charge on any atom is 0.408 e. The number of ether oxygens (including phenoxy) is 3. The molecule has 0 aromatic heterocycles. The normalized spacial score (nSPS) is 13.5. The molecule has 0 saturated heterocycles. The minimum atomic E-state index is -0.674. The molecular formula is C25H35NO5. The summed E-state index contributed by atoms with van der Waals surface area (Å²) in [5.74, 6) is 0.00997. The van der Waals surface area contributed by atoms with Crippen LogP contribution in [0.1, 0.15) is 38.8 Å². The fourth-order valence-electron chi connectivity index (χ4n) is 2.98. The van der Waals surface area contributed by atoms with Gasteiger partial charge in [0.15, 0.2) is 0 Å². The van der Waals surface area contributed by atoms with Crippen molar-refractivity contribution in [3.8, 4) is 5.75 Å². The number of rotatable bonds is 10. The van der Waals surface area contributed by atoms with Crippen LogP contribution in [0.25, 0.3) is 0 Å². The predicted octanol–water partition coefficient (Wildman–Crippen LogP) is 4.92. The third kappa shape index (κ3) is 9.11. The largest absolute Gasteiger partial charge is 0.496 e. The van der Waals surface area contributed by atoms with Gasteiger partial charge in [-0.05, 0) is 50.5 Å². The van der Waals surface area contributed by atoms with Crippen LogP contribution < -0.4 is 10.1 Å². The van der Waals surface area contributed by atoms with E-state index in [1.165, 1.54) is 0 Å². The monoisotopic (exact) mass is 429 g/mol. The summed E-state index contributed by atoms with van der Waals surface area (Å²) in [6, 6.07) is 5.89. The highest BCUT2D eigenvalue weighted by Crippen LogP contribution is 2.27. The van der Waals surface area contributed by atoms with Crippen LogP contribution in [-0.2, 0) is 20.7 Å². The number of alkyl carbamates (subject to hydrolysis) is 1. The molecule has 170 valence electrons. The number of carbonyl (C=O) groups excluding carboxylic acids is 2. The summed E-state index contributed by atoms with van der Waals surface area (Å²) in [6.07, 6.45) is 4.48. The van der Waals surface area contributed by atoms with E-state index in [1.807, 2.05) is 38.1 Å². The van der Waals surface area contributed by atoms with Gasteiger partial charge in [-0.3, -0.25) is 4.79 Å². The van der Waals surface area contributed by atoms with Crippen LogP contribution in [-0.4, -0.2) is 37.4 Å². The minimum absolute atomic E-state index is 0.160. The molecule has 0 saturated carbocycles. The van der Waals surface area contributed by atoms with Crippen LogP contribution in [0.4, 0.5) is 4.79 Å². The van der Waals surface area contributed by atoms with Gasteiger partial charge in [0.1, 0.15) is 24.0 Å². The molecule has 31 heavy (non-hydrogen) atoms. The van der Waals surface area contributed by atoms with Crippen LogP contribution in [0, 0.1) is 12.8 Å². The Kier molecular flexibility index (Phi) is 10.1. The molecule has 2 atom stereocenters. The van der Waals surface area contributed by atoms with Crippen LogP contribution in [0.3, 0.4) is 0 Å². The van der Waals surface area contributed by atoms with E-state index in [-0.39, 0.29) is 12.5 Å². The number of hydrogen-bond donors (Lipinski definition) is 1. The number of amides is 1. The summed E-state index contributed by atoms with van der Waals surface area (Å²) in [6.45, 7) is 16.5. The molecular weight excluding hydrogens is 394 g/mol. The van der Waals surface area contributed by atoms with Gasteiger partial charge in [-0.15, -0.1) is 0 Å². The zero-order valence-electron chi connectivity index (χ0n) is 19.5. The summed E-state index contributed by atoms with van der Waals surface area (Å²) in [7, 11) is 1.61. The first kappa shape index (κ1) is 26.0. The molecule has 1 amide bonds. The van der Waals surface area contributed by atoms with Gasteiger partial charge in [0.05, 0.1) is 7.11 Å². The Morgan fingerprint density at radius 2 is 1.90 bits per heavy atom. The topological polar surface area (TPSA) is 73.9 Å². The third-order valence-electron chi connectivity index (χ3n) is 4.55. The van der Waals surface area contributed by atoms with Crippen LogP contribution in [0.2, 0.25) is 0 Å². The SMILES string of the molecule is C=C/C=C(\C=C)C(C)C(Cc1ccc(C)cc1OC)OC(=O)CNC(=O)OC(C)(C)C. The van der Waals surface area contributed by atoms with Crippen molar-refractivity contribution in [2.45, 2.75) is 52.7 Å². The Bertz CT molecular complexity index is 820. The first-order valence-electron chi connectivity index (χ1n) is 10.3. The lowest BCUT2D eigenvalue weighted by Crippen LogP contribution is -2.38. The highest BCUT2D eigenvalue weighted by atomic mass is 16.6. The van der Waals surface area contributed by atoms with E-state index in [0.717, 1.165) is 22.4 Å². The number of nitrogens with one attached hydrogen (secondary N) is 1. The molecule has 0 bridgehead atoms. The standard InChI is InChI=1S/C25H35NO5/c1-9-11-19(10-2)18(4)21(15-20-13-12-17(3)14-22(20)29-8)30-23(27)16-26-24(28)31-25(5,6)7/h9-14,18,21H,1-2,15-16H2,3-8H3,(H,26,28)/b19-11+.